The number of piperidine rings is 1. The Bertz CT molecular complexity index is 1050. The van der Waals surface area contributed by atoms with E-state index in [1.54, 1.807) is 14.2 Å². The number of likely N-dealkylation sites (tertiary alicyclic amines) is 1. The first-order chi connectivity index (χ1) is 16.4. The lowest BCUT2D eigenvalue weighted by atomic mass is 9.82. The Morgan fingerprint density at radius 3 is 2.59 bits per heavy atom. The highest BCUT2D eigenvalue weighted by atomic mass is 16.5. The number of likely N-dealkylation sites (N-methyl/N-ethyl adjacent to an activating group) is 1. The van der Waals surface area contributed by atoms with E-state index in [1.807, 2.05) is 46.0 Å². The Labute approximate surface area is 201 Å². The van der Waals surface area contributed by atoms with Crippen LogP contribution < -0.4 is 14.8 Å². The quantitative estimate of drug-likeness (QED) is 0.738. The number of ether oxygens (including phenoxy) is 2. The summed E-state index contributed by atoms with van der Waals surface area (Å²) < 4.78 is 11.2. The van der Waals surface area contributed by atoms with Gasteiger partial charge in [0, 0.05) is 42.9 Å². The van der Waals surface area contributed by atoms with Crippen molar-refractivity contribution in [3.05, 3.63) is 47.3 Å². The molecule has 0 radical (unpaired) electrons. The van der Waals surface area contributed by atoms with Crippen molar-refractivity contribution in [2.45, 2.75) is 57.2 Å². The summed E-state index contributed by atoms with van der Waals surface area (Å²) in [6.45, 7) is 6.61. The molecule has 0 saturated carbocycles. The molecule has 0 bridgehead atoms. The van der Waals surface area contributed by atoms with Crippen molar-refractivity contribution >= 4 is 11.9 Å². The number of fused-ring (bicyclic) bond motifs is 3. The summed E-state index contributed by atoms with van der Waals surface area (Å²) in [7, 11) is 3.32. The molecule has 3 amide bonds. The molecule has 2 saturated heterocycles. The number of methoxy groups -OCH3 is 2. The van der Waals surface area contributed by atoms with E-state index in [2.05, 4.69) is 18.3 Å². The number of benzene rings is 1. The maximum Gasteiger partial charge on any atom is 0.325 e. The molecule has 34 heavy (non-hydrogen) atoms. The van der Waals surface area contributed by atoms with Crippen molar-refractivity contribution in [2.24, 2.45) is 0 Å². The van der Waals surface area contributed by atoms with Crippen LogP contribution in [0, 0.1) is 0 Å². The average molecular weight is 467 g/mol. The normalized spacial score (nSPS) is 25.0. The van der Waals surface area contributed by atoms with Gasteiger partial charge in [0.1, 0.15) is 17.5 Å². The first kappa shape index (κ1) is 22.6. The van der Waals surface area contributed by atoms with Crippen LogP contribution in [0.5, 0.6) is 11.5 Å². The number of hydrogen-bond acceptors (Lipinski definition) is 5. The lowest BCUT2D eigenvalue weighted by Crippen LogP contribution is -2.56. The molecule has 5 rings (SSSR count). The molecule has 1 aromatic rings. The van der Waals surface area contributed by atoms with Crippen LogP contribution in [0.2, 0.25) is 0 Å². The maximum absolute atomic E-state index is 13.7. The average Bonchev–Trinajstić information content (AvgIpc) is 3.42. The Kier molecular flexibility index (Phi) is 5.70. The van der Waals surface area contributed by atoms with Gasteiger partial charge in [0.05, 0.1) is 26.3 Å². The molecule has 0 aromatic heterocycles. The number of nitrogens with one attached hydrogen (secondary N) is 1. The van der Waals surface area contributed by atoms with Crippen LogP contribution in [0.4, 0.5) is 4.79 Å². The molecule has 2 fully saturated rings. The summed E-state index contributed by atoms with van der Waals surface area (Å²) in [4.78, 5) is 32.6. The predicted octanol–water partition coefficient (Wildman–Crippen LogP) is 3.20. The summed E-state index contributed by atoms with van der Waals surface area (Å²) in [5.74, 6) is 1.73. The number of amides is 3. The van der Waals surface area contributed by atoms with Gasteiger partial charge in [-0.05, 0) is 44.0 Å². The summed E-state index contributed by atoms with van der Waals surface area (Å²) in [5, 5.41) is 3.15. The molecule has 4 aliphatic rings. The second-order valence-corrected chi connectivity index (χ2v) is 9.57. The highest BCUT2D eigenvalue weighted by Gasteiger charge is 2.55. The number of hydrogen-bond donors (Lipinski definition) is 1. The highest BCUT2D eigenvalue weighted by Crippen LogP contribution is 2.49. The minimum Gasteiger partial charge on any atom is -0.497 e. The fourth-order valence-corrected chi connectivity index (χ4v) is 6.21. The van der Waals surface area contributed by atoms with E-state index in [-0.39, 0.29) is 23.9 Å². The number of rotatable bonds is 4. The largest absolute Gasteiger partial charge is 0.497 e. The minimum atomic E-state index is -0.391. The van der Waals surface area contributed by atoms with E-state index in [4.69, 9.17) is 9.47 Å². The number of allylic oxidation sites excluding steroid dienone is 1. The van der Waals surface area contributed by atoms with Crippen LogP contribution in [-0.4, -0.2) is 72.1 Å². The molecular weight excluding hydrogens is 432 g/mol. The van der Waals surface area contributed by atoms with Gasteiger partial charge in [-0.3, -0.25) is 9.69 Å². The van der Waals surface area contributed by atoms with Crippen LogP contribution in [0.25, 0.3) is 0 Å². The molecule has 4 heterocycles. The second-order valence-electron chi connectivity index (χ2n) is 9.57. The molecule has 1 aromatic carbocycles. The highest BCUT2D eigenvalue weighted by molar-refractivity contribution is 5.84. The summed E-state index contributed by atoms with van der Waals surface area (Å²) in [5.41, 5.74) is 2.82. The van der Waals surface area contributed by atoms with Crippen LogP contribution in [-0.2, 0) is 11.3 Å². The summed E-state index contributed by atoms with van der Waals surface area (Å²) in [6, 6.07) is 3.81. The van der Waals surface area contributed by atoms with Crippen molar-refractivity contribution in [1.82, 2.24) is 20.0 Å². The van der Waals surface area contributed by atoms with Crippen molar-refractivity contribution < 1.29 is 19.1 Å². The van der Waals surface area contributed by atoms with Gasteiger partial charge in [-0.25, -0.2) is 4.79 Å². The standard InChI is InChI=1S/C26H34N4O4/c1-5-30-25(32)29-16-18-14-19(33-3)15-21(34-4)23(18)17(2)13-22(29)26(30)8-11-28(12-9-26)24(31)20-7-6-10-27-20/h6,10,13-15,17,20,27H,5,7-9,11-12,16H2,1-4H3/t17-,20?/m0/s1. The number of carbonyl (C=O) groups is 2. The van der Waals surface area contributed by atoms with Crippen LogP contribution in [0.1, 0.15) is 50.2 Å². The van der Waals surface area contributed by atoms with Crippen molar-refractivity contribution in [1.29, 1.82) is 0 Å². The molecule has 1 unspecified atom stereocenters. The first-order valence-corrected chi connectivity index (χ1v) is 12.2. The van der Waals surface area contributed by atoms with E-state index >= 15 is 0 Å². The molecule has 1 N–H and O–H groups in total. The Hall–Kier alpha value is -3.16. The van der Waals surface area contributed by atoms with E-state index in [0.29, 0.717) is 26.2 Å². The van der Waals surface area contributed by atoms with E-state index in [0.717, 1.165) is 47.6 Å². The van der Waals surface area contributed by atoms with Gasteiger partial charge in [0.2, 0.25) is 5.91 Å². The topological polar surface area (TPSA) is 74.4 Å². The van der Waals surface area contributed by atoms with Gasteiger partial charge < -0.3 is 24.6 Å². The SMILES string of the molecule is CCN1C(=O)N2Cc3cc(OC)cc(OC)c3[C@@H](C)C=C2C12CCN(C(=O)C1CC=CN1)CC2. The molecule has 1 spiro atoms. The smallest absolute Gasteiger partial charge is 0.325 e. The monoisotopic (exact) mass is 466 g/mol. The van der Waals surface area contributed by atoms with E-state index in [9.17, 15) is 9.59 Å². The van der Waals surface area contributed by atoms with E-state index in [1.165, 1.54) is 0 Å². The zero-order chi connectivity index (χ0) is 24.0. The van der Waals surface area contributed by atoms with Crippen LogP contribution in [0.15, 0.2) is 36.2 Å². The molecule has 182 valence electrons. The number of carbonyl (C=O) groups excluding carboxylic acids is 2. The molecule has 2 atom stereocenters. The summed E-state index contributed by atoms with van der Waals surface area (Å²) in [6.07, 6.45) is 8.32. The molecular formula is C26H34N4O4. The lowest BCUT2D eigenvalue weighted by molar-refractivity contribution is -0.134. The molecule has 0 aliphatic carbocycles. The van der Waals surface area contributed by atoms with Gasteiger partial charge in [-0.15, -0.1) is 0 Å². The van der Waals surface area contributed by atoms with Crippen molar-refractivity contribution in [3.8, 4) is 11.5 Å². The van der Waals surface area contributed by atoms with Gasteiger partial charge in [-0.1, -0.05) is 19.1 Å². The zero-order valence-electron chi connectivity index (χ0n) is 20.5. The van der Waals surface area contributed by atoms with Gasteiger partial charge in [-0.2, -0.15) is 0 Å². The maximum atomic E-state index is 13.7. The second kappa shape index (κ2) is 8.56. The fraction of sp³-hybridized carbons (Fsp3) is 0.538. The van der Waals surface area contributed by atoms with Crippen LogP contribution >= 0.6 is 0 Å². The minimum absolute atomic E-state index is 0.0389. The van der Waals surface area contributed by atoms with Gasteiger partial charge >= 0.3 is 6.03 Å². The number of nitrogens with zero attached hydrogens (tertiary/aromatic N) is 3. The molecule has 8 heteroatoms. The summed E-state index contributed by atoms with van der Waals surface area (Å²) >= 11 is 0. The Morgan fingerprint density at radius 2 is 1.97 bits per heavy atom. The van der Waals surface area contributed by atoms with Gasteiger partial charge in [0.15, 0.2) is 0 Å². The van der Waals surface area contributed by atoms with Crippen molar-refractivity contribution in [2.75, 3.05) is 33.9 Å². The fourth-order valence-electron chi connectivity index (χ4n) is 6.21. The third-order valence-corrected chi connectivity index (χ3v) is 7.90. The Balaban J connectivity index is 1.48. The zero-order valence-corrected chi connectivity index (χ0v) is 20.5. The number of urea groups is 1. The molecule has 4 aliphatic heterocycles. The van der Waals surface area contributed by atoms with E-state index < -0.39 is 5.54 Å². The third-order valence-electron chi connectivity index (χ3n) is 7.90. The third kappa shape index (κ3) is 3.34. The Morgan fingerprint density at radius 1 is 1.21 bits per heavy atom. The van der Waals surface area contributed by atoms with Gasteiger partial charge in [0.25, 0.3) is 0 Å². The van der Waals surface area contributed by atoms with Crippen LogP contribution in [0.3, 0.4) is 0 Å². The molecule has 8 nitrogen and oxygen atoms in total. The lowest BCUT2D eigenvalue weighted by Gasteiger charge is -2.44. The van der Waals surface area contributed by atoms with Crippen molar-refractivity contribution in [3.63, 3.8) is 0 Å². The first-order valence-electron chi connectivity index (χ1n) is 12.2. The predicted molar refractivity (Wildman–Crippen MR) is 129 cm³/mol.